The molecule has 0 saturated carbocycles. The Balaban J connectivity index is 1.85. The van der Waals surface area contributed by atoms with Gasteiger partial charge in [0.05, 0.1) is 37.0 Å². The fourth-order valence-electron chi connectivity index (χ4n) is 4.92. The predicted molar refractivity (Wildman–Crippen MR) is 140 cm³/mol. The highest BCUT2D eigenvalue weighted by atomic mass is 17.2. The van der Waals surface area contributed by atoms with E-state index in [9.17, 15) is 10.1 Å². The molecule has 0 aliphatic rings. The van der Waals surface area contributed by atoms with Gasteiger partial charge in [0.25, 0.3) is 0 Å². The Morgan fingerprint density at radius 3 is 2.19 bits per heavy atom. The maximum absolute atomic E-state index is 12.8. The van der Waals surface area contributed by atoms with Gasteiger partial charge < -0.3 is 4.74 Å². The molecule has 0 aliphatic heterocycles. The largest absolute Gasteiger partial charge is 0.462 e. The van der Waals surface area contributed by atoms with Crippen LogP contribution < -0.4 is 0 Å². The fourth-order valence-corrected chi connectivity index (χ4v) is 4.92. The molecule has 0 N–H and O–H groups in total. The number of fused-ring (bicyclic) bond motifs is 2. The first-order chi connectivity index (χ1) is 17.5. The number of nitriles is 1. The summed E-state index contributed by atoms with van der Waals surface area (Å²) in [6.07, 6.45) is 0. The summed E-state index contributed by atoms with van der Waals surface area (Å²) in [4.78, 5) is 27.4. The number of carbonyl (C=O) groups excluding carboxylic acids is 1. The fraction of sp³-hybridized carbons (Fsp3) is 0.233. The SMILES string of the molecule is [C-]#[N+]c1ccc2c3ccc(C(=O)OCC)c4c(C#N)ccc(c5ccc(COOCC(C)C)c1c52)c43. The quantitative estimate of drug-likeness (QED) is 0.0464. The van der Waals surface area contributed by atoms with Gasteiger partial charge in [0, 0.05) is 5.39 Å². The Hall–Kier alpha value is -4.23. The van der Waals surface area contributed by atoms with Crippen LogP contribution in [-0.2, 0) is 21.1 Å². The van der Waals surface area contributed by atoms with Gasteiger partial charge >= 0.3 is 5.97 Å². The van der Waals surface area contributed by atoms with Crippen molar-refractivity contribution in [2.45, 2.75) is 27.4 Å². The first-order valence-electron chi connectivity index (χ1n) is 11.9. The number of hydrogen-bond donors (Lipinski definition) is 0. The summed E-state index contributed by atoms with van der Waals surface area (Å²) >= 11 is 0. The summed E-state index contributed by atoms with van der Waals surface area (Å²) < 4.78 is 5.29. The second-order valence-electron chi connectivity index (χ2n) is 9.11. The Bertz CT molecular complexity index is 1700. The van der Waals surface area contributed by atoms with Crippen LogP contribution in [0.1, 0.15) is 42.3 Å². The normalized spacial score (nSPS) is 11.5. The highest BCUT2D eigenvalue weighted by molar-refractivity contribution is 6.36. The van der Waals surface area contributed by atoms with Crippen molar-refractivity contribution in [1.82, 2.24) is 0 Å². The van der Waals surface area contributed by atoms with Gasteiger partial charge in [-0.15, -0.1) is 0 Å². The average molecular weight is 477 g/mol. The number of benzene rings is 5. The number of nitrogens with zero attached hydrogens (tertiary/aromatic N) is 2. The topological polar surface area (TPSA) is 72.9 Å². The highest BCUT2D eigenvalue weighted by Crippen LogP contribution is 2.45. The first kappa shape index (κ1) is 23.5. The van der Waals surface area contributed by atoms with Crippen molar-refractivity contribution >= 4 is 54.7 Å². The molecule has 5 aromatic carbocycles. The minimum absolute atomic E-state index is 0.215. The highest BCUT2D eigenvalue weighted by Gasteiger charge is 2.22. The minimum atomic E-state index is -0.453. The van der Waals surface area contributed by atoms with E-state index < -0.39 is 5.97 Å². The Morgan fingerprint density at radius 2 is 1.56 bits per heavy atom. The number of ether oxygens (including phenoxy) is 1. The Labute approximate surface area is 208 Å². The number of esters is 1. The lowest BCUT2D eigenvalue weighted by Gasteiger charge is -2.19. The molecule has 0 heterocycles. The summed E-state index contributed by atoms with van der Waals surface area (Å²) in [5.74, 6) is -0.110. The van der Waals surface area contributed by atoms with Gasteiger partial charge in [0.1, 0.15) is 6.61 Å². The predicted octanol–water partition coefficient (Wildman–Crippen LogP) is 7.44. The molecule has 0 aromatic heterocycles. The van der Waals surface area contributed by atoms with E-state index in [1.54, 1.807) is 19.1 Å². The van der Waals surface area contributed by atoms with Crippen LogP contribution in [0, 0.1) is 23.8 Å². The van der Waals surface area contributed by atoms with E-state index >= 15 is 0 Å². The van der Waals surface area contributed by atoms with Crippen molar-refractivity contribution in [1.29, 1.82) is 5.26 Å². The van der Waals surface area contributed by atoms with Crippen LogP contribution in [0.2, 0.25) is 0 Å². The van der Waals surface area contributed by atoms with Crippen LogP contribution in [-0.4, -0.2) is 19.2 Å². The number of hydrogen-bond acceptors (Lipinski definition) is 5. The average Bonchev–Trinajstić information content (AvgIpc) is 2.89. The third-order valence-electron chi connectivity index (χ3n) is 6.40. The van der Waals surface area contributed by atoms with Gasteiger partial charge in [-0.3, -0.25) is 0 Å². The molecule has 6 heteroatoms. The standard InChI is InChI=1S/C30H24N2O4/c1-5-34-30(33)24-11-10-22-23-12-13-25(32-4)27-19(16-36-35-15-17(2)3)7-9-21(29(23)27)20-8-6-18(14-31)26(24)28(20)22/h6-13,17H,5,15-16H2,1-3H3. The molecular weight excluding hydrogens is 452 g/mol. The third-order valence-corrected chi connectivity index (χ3v) is 6.40. The summed E-state index contributed by atoms with van der Waals surface area (Å²) in [7, 11) is 0. The Kier molecular flexibility index (Phi) is 6.16. The molecule has 6 nitrogen and oxygen atoms in total. The molecular formula is C30H24N2O4. The van der Waals surface area contributed by atoms with E-state index in [-0.39, 0.29) is 13.2 Å². The van der Waals surface area contributed by atoms with Crippen LogP contribution in [0.5, 0.6) is 0 Å². The van der Waals surface area contributed by atoms with Crippen LogP contribution in [0.3, 0.4) is 0 Å². The molecule has 0 atom stereocenters. The lowest BCUT2D eigenvalue weighted by atomic mass is 9.85. The van der Waals surface area contributed by atoms with Crippen molar-refractivity contribution in [2.24, 2.45) is 5.92 Å². The van der Waals surface area contributed by atoms with E-state index in [2.05, 4.69) is 10.9 Å². The van der Waals surface area contributed by atoms with Gasteiger partial charge in [0.2, 0.25) is 0 Å². The van der Waals surface area contributed by atoms with Gasteiger partial charge in [-0.1, -0.05) is 50.2 Å². The second kappa shape index (κ2) is 9.43. The van der Waals surface area contributed by atoms with E-state index in [0.29, 0.717) is 34.7 Å². The number of carbonyl (C=O) groups is 1. The molecule has 0 aliphatic carbocycles. The van der Waals surface area contributed by atoms with Crippen LogP contribution >= 0.6 is 0 Å². The maximum Gasteiger partial charge on any atom is 0.338 e. The van der Waals surface area contributed by atoms with E-state index in [1.165, 1.54) is 0 Å². The van der Waals surface area contributed by atoms with E-state index in [4.69, 9.17) is 21.1 Å². The van der Waals surface area contributed by atoms with Crippen LogP contribution in [0.4, 0.5) is 5.69 Å². The lowest BCUT2D eigenvalue weighted by molar-refractivity contribution is -0.308. The molecule has 0 saturated heterocycles. The molecule has 36 heavy (non-hydrogen) atoms. The second-order valence-corrected chi connectivity index (χ2v) is 9.11. The summed E-state index contributed by atoms with van der Waals surface area (Å²) in [6, 6.07) is 17.3. The van der Waals surface area contributed by atoms with E-state index in [0.717, 1.165) is 43.3 Å². The van der Waals surface area contributed by atoms with Gasteiger partial charge in [0.15, 0.2) is 5.69 Å². The molecule has 0 bridgehead atoms. The molecule has 0 spiro atoms. The molecule has 5 aromatic rings. The van der Waals surface area contributed by atoms with Crippen LogP contribution in [0.25, 0.3) is 47.9 Å². The molecule has 0 amide bonds. The molecule has 178 valence electrons. The van der Waals surface area contributed by atoms with Crippen molar-refractivity contribution < 1.29 is 19.3 Å². The van der Waals surface area contributed by atoms with Crippen LogP contribution in [0.15, 0.2) is 48.5 Å². The zero-order chi connectivity index (χ0) is 25.4. The molecule has 0 radical (unpaired) electrons. The van der Waals surface area contributed by atoms with Gasteiger partial charge in [-0.05, 0) is 68.2 Å². The van der Waals surface area contributed by atoms with Crippen molar-refractivity contribution in [3.63, 3.8) is 0 Å². The zero-order valence-corrected chi connectivity index (χ0v) is 20.3. The zero-order valence-electron chi connectivity index (χ0n) is 20.3. The maximum atomic E-state index is 12.8. The Morgan fingerprint density at radius 1 is 0.917 bits per heavy atom. The minimum Gasteiger partial charge on any atom is -0.462 e. The third kappa shape index (κ3) is 3.69. The summed E-state index contributed by atoms with van der Waals surface area (Å²) in [5, 5.41) is 16.8. The molecule has 0 unspecified atom stereocenters. The summed E-state index contributed by atoms with van der Waals surface area (Å²) in [5.41, 5.74) is 2.19. The summed E-state index contributed by atoms with van der Waals surface area (Å²) in [6.45, 7) is 14.6. The van der Waals surface area contributed by atoms with E-state index in [1.807, 2.05) is 50.2 Å². The van der Waals surface area contributed by atoms with Crippen molar-refractivity contribution in [2.75, 3.05) is 13.2 Å². The molecule has 5 rings (SSSR count). The van der Waals surface area contributed by atoms with Crippen molar-refractivity contribution in [3.05, 3.63) is 76.6 Å². The monoisotopic (exact) mass is 476 g/mol. The number of rotatable bonds is 7. The first-order valence-corrected chi connectivity index (χ1v) is 11.9. The van der Waals surface area contributed by atoms with Crippen molar-refractivity contribution in [3.8, 4) is 6.07 Å². The van der Waals surface area contributed by atoms with Gasteiger partial charge in [-0.2, -0.15) is 5.26 Å². The molecule has 0 fully saturated rings. The smallest absolute Gasteiger partial charge is 0.338 e. The van der Waals surface area contributed by atoms with Gasteiger partial charge in [-0.25, -0.2) is 19.4 Å². The lowest BCUT2D eigenvalue weighted by Crippen LogP contribution is -2.06.